The van der Waals surface area contributed by atoms with Crippen LogP contribution in [0.1, 0.15) is 5.56 Å². The zero-order chi connectivity index (χ0) is 20.5. The first-order chi connectivity index (χ1) is 13.2. The lowest BCUT2D eigenvalue weighted by Gasteiger charge is -2.28. The summed E-state index contributed by atoms with van der Waals surface area (Å²) >= 11 is 3.26. The number of hydrogen-bond donors (Lipinski definition) is 1. The molecule has 2 aromatic carbocycles. The summed E-state index contributed by atoms with van der Waals surface area (Å²) in [4.78, 5) is 41.3. The van der Waals surface area contributed by atoms with Crippen LogP contribution < -0.4 is 10.2 Å². The van der Waals surface area contributed by atoms with E-state index in [1.54, 1.807) is 24.3 Å². The lowest BCUT2D eigenvalue weighted by Crippen LogP contribution is -2.58. The van der Waals surface area contributed by atoms with Crippen LogP contribution in [0.15, 0.2) is 58.0 Å². The Bertz CT molecular complexity index is 974. The third-order valence-electron chi connectivity index (χ3n) is 3.83. The van der Waals surface area contributed by atoms with Gasteiger partial charge in [-0.05, 0) is 42.5 Å². The largest absolute Gasteiger partial charge is 0.416 e. The van der Waals surface area contributed by atoms with Crippen LogP contribution in [0.5, 0.6) is 0 Å². The molecule has 1 aliphatic heterocycles. The molecule has 0 saturated carbocycles. The van der Waals surface area contributed by atoms with Crippen molar-refractivity contribution in [1.82, 2.24) is 5.32 Å². The van der Waals surface area contributed by atoms with E-state index in [-0.39, 0.29) is 5.69 Å². The maximum absolute atomic E-state index is 12.9. The molecule has 0 aliphatic carbocycles. The summed E-state index contributed by atoms with van der Waals surface area (Å²) in [7, 11) is 0. The van der Waals surface area contributed by atoms with Gasteiger partial charge in [0, 0.05) is 10.7 Å². The van der Waals surface area contributed by atoms with Crippen molar-refractivity contribution in [2.24, 2.45) is 10.9 Å². The minimum Gasteiger partial charge on any atom is -0.276 e. The van der Waals surface area contributed by atoms with Crippen LogP contribution in [0, 0.1) is 5.92 Å². The number of imide groups is 2. The Balaban J connectivity index is 1.91. The Morgan fingerprint density at radius 3 is 2.39 bits per heavy atom. The summed E-state index contributed by atoms with van der Waals surface area (Å²) in [5.74, 6) is -3.36. The molecule has 1 fully saturated rings. The number of halogens is 4. The van der Waals surface area contributed by atoms with Gasteiger partial charge in [0.1, 0.15) is 0 Å². The molecule has 28 heavy (non-hydrogen) atoms. The predicted molar refractivity (Wildman–Crippen MR) is 98.3 cm³/mol. The number of nitrogens with zero attached hydrogens (tertiary/aromatic N) is 2. The van der Waals surface area contributed by atoms with Crippen LogP contribution in [-0.4, -0.2) is 24.1 Å². The van der Waals surface area contributed by atoms with Gasteiger partial charge in [0.25, 0.3) is 5.91 Å². The smallest absolute Gasteiger partial charge is 0.276 e. The van der Waals surface area contributed by atoms with Crippen molar-refractivity contribution < 1.29 is 27.6 Å². The quantitative estimate of drug-likeness (QED) is 0.561. The van der Waals surface area contributed by atoms with Crippen molar-refractivity contribution in [3.63, 3.8) is 0 Å². The summed E-state index contributed by atoms with van der Waals surface area (Å²) in [6, 6.07) is 9.25. The van der Waals surface area contributed by atoms with Crippen molar-refractivity contribution >= 4 is 51.4 Å². The summed E-state index contributed by atoms with van der Waals surface area (Å²) in [6.07, 6.45) is -3.60. The maximum atomic E-state index is 12.9. The predicted octanol–water partition coefficient (Wildman–Crippen LogP) is 4.07. The number of benzene rings is 2. The number of hydrogen-bond acceptors (Lipinski definition) is 4. The number of barbiturate groups is 1. The second-order valence-electron chi connectivity index (χ2n) is 5.75. The molecule has 0 radical (unpaired) electrons. The van der Waals surface area contributed by atoms with Gasteiger partial charge in [0.05, 0.1) is 16.9 Å². The molecule has 1 atom stereocenters. The van der Waals surface area contributed by atoms with Crippen molar-refractivity contribution in [3.8, 4) is 0 Å². The molecule has 1 saturated heterocycles. The van der Waals surface area contributed by atoms with Crippen molar-refractivity contribution in [2.75, 3.05) is 4.90 Å². The standard InChI is InChI=1S/C18H11BrF3N3O3/c19-11-4-6-12(7-5-11)23-9-14-15(26)24-17(28)25(16(14)27)13-3-1-2-10(8-13)18(20,21)22/h1-9,14H,(H,24,26,28)/t14-/m0/s1. The van der Waals surface area contributed by atoms with Gasteiger partial charge in [-0.25, -0.2) is 9.69 Å². The number of carbonyl (C=O) groups is 3. The van der Waals surface area contributed by atoms with Crippen LogP contribution in [0.4, 0.5) is 29.3 Å². The van der Waals surface area contributed by atoms with Crippen molar-refractivity contribution in [2.45, 2.75) is 6.18 Å². The van der Waals surface area contributed by atoms with Crippen LogP contribution >= 0.6 is 15.9 Å². The molecule has 0 unspecified atom stereocenters. The number of urea groups is 1. The fourth-order valence-electron chi connectivity index (χ4n) is 2.48. The number of nitrogens with one attached hydrogen (secondary N) is 1. The lowest BCUT2D eigenvalue weighted by atomic mass is 10.1. The molecule has 144 valence electrons. The fraction of sp³-hybridized carbons (Fsp3) is 0.111. The van der Waals surface area contributed by atoms with Gasteiger partial charge in [0.2, 0.25) is 5.91 Å². The third-order valence-corrected chi connectivity index (χ3v) is 4.36. The first-order valence-corrected chi connectivity index (χ1v) is 8.62. The SMILES string of the molecule is O=C1NC(=O)N(c2cccc(C(F)(F)F)c2)C(=O)[C@H]1C=Nc1ccc(Br)cc1. The van der Waals surface area contributed by atoms with E-state index in [0.29, 0.717) is 16.7 Å². The number of rotatable bonds is 3. The van der Waals surface area contributed by atoms with E-state index in [4.69, 9.17) is 0 Å². The zero-order valence-electron chi connectivity index (χ0n) is 13.9. The van der Waals surface area contributed by atoms with Gasteiger partial charge in [-0.3, -0.25) is 19.9 Å². The van der Waals surface area contributed by atoms with E-state index in [1.807, 2.05) is 5.32 Å². The Morgan fingerprint density at radius 1 is 1.07 bits per heavy atom. The molecule has 1 heterocycles. The van der Waals surface area contributed by atoms with Crippen LogP contribution in [0.3, 0.4) is 0 Å². The normalized spacial score (nSPS) is 17.9. The molecule has 0 spiro atoms. The Labute approximate surface area is 165 Å². The highest BCUT2D eigenvalue weighted by atomic mass is 79.9. The first kappa shape index (κ1) is 19.7. The van der Waals surface area contributed by atoms with E-state index in [1.165, 1.54) is 6.07 Å². The molecule has 6 nitrogen and oxygen atoms in total. The van der Waals surface area contributed by atoms with Crippen molar-refractivity contribution in [3.05, 3.63) is 58.6 Å². The highest BCUT2D eigenvalue weighted by Crippen LogP contribution is 2.32. The Morgan fingerprint density at radius 2 is 1.75 bits per heavy atom. The summed E-state index contributed by atoms with van der Waals surface area (Å²) in [5, 5.41) is 1.96. The molecule has 3 rings (SSSR count). The molecular formula is C18H11BrF3N3O3. The number of amides is 4. The van der Waals surface area contributed by atoms with Crippen LogP contribution in [-0.2, 0) is 15.8 Å². The zero-order valence-corrected chi connectivity index (χ0v) is 15.5. The topological polar surface area (TPSA) is 78.8 Å². The van der Waals surface area contributed by atoms with Crippen LogP contribution in [0.25, 0.3) is 0 Å². The van der Waals surface area contributed by atoms with Gasteiger partial charge >= 0.3 is 12.2 Å². The molecular weight excluding hydrogens is 443 g/mol. The van der Waals surface area contributed by atoms with E-state index >= 15 is 0 Å². The minimum atomic E-state index is -4.65. The van der Waals surface area contributed by atoms with E-state index in [9.17, 15) is 27.6 Å². The van der Waals surface area contributed by atoms with E-state index in [2.05, 4.69) is 20.9 Å². The summed E-state index contributed by atoms with van der Waals surface area (Å²) in [5.41, 5.74) is -0.874. The highest BCUT2D eigenvalue weighted by molar-refractivity contribution is 9.10. The van der Waals surface area contributed by atoms with Gasteiger partial charge in [-0.2, -0.15) is 13.2 Å². The monoisotopic (exact) mass is 453 g/mol. The average molecular weight is 454 g/mol. The fourth-order valence-corrected chi connectivity index (χ4v) is 2.74. The van der Waals surface area contributed by atoms with E-state index < -0.39 is 35.5 Å². The van der Waals surface area contributed by atoms with Crippen molar-refractivity contribution in [1.29, 1.82) is 0 Å². The number of anilines is 1. The van der Waals surface area contributed by atoms with Gasteiger partial charge in [0.15, 0.2) is 5.92 Å². The Kier molecular flexibility index (Phi) is 5.32. The molecule has 4 amide bonds. The average Bonchev–Trinajstić information content (AvgIpc) is 2.62. The third kappa shape index (κ3) is 4.11. The second kappa shape index (κ2) is 7.55. The van der Waals surface area contributed by atoms with Gasteiger partial charge < -0.3 is 0 Å². The molecule has 1 aliphatic rings. The maximum Gasteiger partial charge on any atom is 0.416 e. The molecule has 2 aromatic rings. The number of alkyl halides is 3. The van der Waals surface area contributed by atoms with Crippen LogP contribution in [0.2, 0.25) is 0 Å². The van der Waals surface area contributed by atoms with Gasteiger partial charge in [-0.15, -0.1) is 0 Å². The highest BCUT2D eigenvalue weighted by Gasteiger charge is 2.41. The molecule has 0 aromatic heterocycles. The first-order valence-electron chi connectivity index (χ1n) is 7.82. The molecule has 1 N–H and O–H groups in total. The minimum absolute atomic E-state index is 0.299. The van der Waals surface area contributed by atoms with Gasteiger partial charge in [-0.1, -0.05) is 22.0 Å². The lowest BCUT2D eigenvalue weighted by molar-refractivity contribution is -0.138. The van der Waals surface area contributed by atoms with E-state index in [0.717, 1.165) is 22.8 Å². The molecule has 10 heteroatoms. The Hall–Kier alpha value is -3.01. The number of carbonyl (C=O) groups excluding carboxylic acids is 3. The summed E-state index contributed by atoms with van der Waals surface area (Å²) in [6.45, 7) is 0. The molecule has 0 bridgehead atoms. The second-order valence-corrected chi connectivity index (χ2v) is 6.66. The number of aliphatic imine (C=N–C) groups is 1. The summed E-state index contributed by atoms with van der Waals surface area (Å²) < 4.78 is 39.6.